The fraction of sp³-hybridized carbons (Fsp3) is 0.174. The van der Waals surface area contributed by atoms with Crippen LogP contribution in [0.25, 0.3) is 0 Å². The van der Waals surface area contributed by atoms with Gasteiger partial charge in [-0.05, 0) is 55.5 Å². The Labute approximate surface area is 174 Å². The zero-order valence-corrected chi connectivity index (χ0v) is 16.7. The first-order chi connectivity index (χ1) is 14.6. The van der Waals surface area contributed by atoms with Crippen molar-refractivity contribution in [2.75, 3.05) is 23.9 Å². The van der Waals surface area contributed by atoms with Crippen LogP contribution in [0.2, 0.25) is 0 Å². The Morgan fingerprint density at radius 1 is 1.13 bits per heavy atom. The van der Waals surface area contributed by atoms with Crippen LogP contribution in [-0.4, -0.2) is 30.6 Å². The highest BCUT2D eigenvalue weighted by Gasteiger charge is 2.39. The average Bonchev–Trinajstić information content (AvgIpc) is 3.06. The summed E-state index contributed by atoms with van der Waals surface area (Å²) in [6, 6.07) is 17.8. The molecule has 1 aliphatic heterocycles. The molecule has 0 saturated carbocycles. The second-order valence-corrected chi connectivity index (χ2v) is 6.66. The van der Waals surface area contributed by atoms with Crippen molar-refractivity contribution in [1.29, 1.82) is 0 Å². The topological polar surface area (TPSA) is 80.8 Å². The summed E-state index contributed by atoms with van der Waals surface area (Å²) in [6.45, 7) is 2.09. The quantitative estimate of drug-likeness (QED) is 0.626. The smallest absolute Gasteiger partial charge is 0.338 e. The number of pyridine rings is 1. The van der Waals surface area contributed by atoms with Gasteiger partial charge in [0, 0.05) is 18.0 Å². The number of methoxy groups -OCH3 is 1. The molecule has 0 saturated heterocycles. The van der Waals surface area contributed by atoms with Gasteiger partial charge < -0.3 is 14.8 Å². The molecule has 152 valence electrons. The molecule has 7 heteroatoms. The van der Waals surface area contributed by atoms with Crippen molar-refractivity contribution in [3.8, 4) is 5.75 Å². The second-order valence-electron chi connectivity index (χ2n) is 6.66. The van der Waals surface area contributed by atoms with Crippen LogP contribution in [0.5, 0.6) is 5.75 Å². The summed E-state index contributed by atoms with van der Waals surface area (Å²) in [4.78, 5) is 31.1. The molecule has 0 radical (unpaired) electrons. The normalized spacial score (nSPS) is 14.9. The standard InChI is InChI=1S/C23H21N3O4/c1-3-30-23(28)15-9-11-16(12-10-15)25-21-20-19(8-5-13-24-20)22(27)26(21)17-6-4-7-18(14-17)29-2/h4-14,21,25H,3H2,1-2H3/t21-/m1/s1. The summed E-state index contributed by atoms with van der Waals surface area (Å²) in [6.07, 6.45) is 1.16. The molecule has 7 nitrogen and oxygen atoms in total. The van der Waals surface area contributed by atoms with Gasteiger partial charge in [-0.25, -0.2) is 4.79 Å². The summed E-state index contributed by atoms with van der Waals surface area (Å²) in [5, 5.41) is 3.36. The van der Waals surface area contributed by atoms with Crippen LogP contribution < -0.4 is 15.0 Å². The second kappa shape index (κ2) is 8.24. The molecule has 1 aliphatic rings. The summed E-state index contributed by atoms with van der Waals surface area (Å²) in [5.74, 6) is 0.138. The van der Waals surface area contributed by atoms with Crippen molar-refractivity contribution in [2.24, 2.45) is 0 Å². The lowest BCUT2D eigenvalue weighted by Gasteiger charge is -2.27. The van der Waals surface area contributed by atoms with Crippen molar-refractivity contribution in [3.05, 3.63) is 83.7 Å². The molecule has 0 spiro atoms. The SMILES string of the molecule is CCOC(=O)c1ccc(N[C@H]2c3ncccc3C(=O)N2c2cccc(OC)c2)cc1. The lowest BCUT2D eigenvalue weighted by atomic mass is 10.2. The number of rotatable bonds is 6. The average molecular weight is 403 g/mol. The number of carbonyl (C=O) groups is 2. The van der Waals surface area contributed by atoms with E-state index < -0.39 is 6.17 Å². The van der Waals surface area contributed by atoms with Crippen LogP contribution in [0.15, 0.2) is 66.9 Å². The summed E-state index contributed by atoms with van der Waals surface area (Å²) in [5.41, 5.74) is 3.08. The monoisotopic (exact) mass is 403 g/mol. The van der Waals surface area contributed by atoms with Crippen LogP contribution >= 0.6 is 0 Å². The van der Waals surface area contributed by atoms with Crippen LogP contribution in [0.1, 0.15) is 39.5 Å². The van der Waals surface area contributed by atoms with Gasteiger partial charge in [-0.1, -0.05) is 6.07 Å². The van der Waals surface area contributed by atoms with E-state index in [1.807, 2.05) is 24.3 Å². The number of amides is 1. The maximum atomic E-state index is 13.2. The van der Waals surface area contributed by atoms with E-state index in [-0.39, 0.29) is 11.9 Å². The maximum absolute atomic E-state index is 13.2. The zero-order chi connectivity index (χ0) is 21.1. The van der Waals surface area contributed by atoms with Crippen LogP contribution in [0, 0.1) is 0 Å². The van der Waals surface area contributed by atoms with Crippen molar-refractivity contribution in [1.82, 2.24) is 4.98 Å². The van der Waals surface area contributed by atoms with Crippen molar-refractivity contribution in [2.45, 2.75) is 13.1 Å². The van der Waals surface area contributed by atoms with Gasteiger partial charge in [-0.3, -0.25) is 14.7 Å². The van der Waals surface area contributed by atoms with E-state index in [0.717, 1.165) is 5.69 Å². The van der Waals surface area contributed by atoms with E-state index in [1.54, 1.807) is 61.5 Å². The molecular weight excluding hydrogens is 382 g/mol. The highest BCUT2D eigenvalue weighted by atomic mass is 16.5. The van der Waals surface area contributed by atoms with Crippen molar-refractivity contribution < 1.29 is 19.1 Å². The number of hydrogen-bond donors (Lipinski definition) is 1. The maximum Gasteiger partial charge on any atom is 0.338 e. The molecular formula is C23H21N3O4. The first-order valence-corrected chi connectivity index (χ1v) is 9.58. The van der Waals surface area contributed by atoms with Crippen molar-refractivity contribution in [3.63, 3.8) is 0 Å². The third kappa shape index (κ3) is 3.57. The Balaban J connectivity index is 1.68. The Morgan fingerprint density at radius 3 is 2.67 bits per heavy atom. The van der Waals surface area contributed by atoms with Gasteiger partial charge in [-0.2, -0.15) is 0 Å². The van der Waals surface area contributed by atoms with E-state index in [0.29, 0.717) is 34.9 Å². The highest BCUT2D eigenvalue weighted by molar-refractivity contribution is 6.11. The molecule has 1 N–H and O–H groups in total. The third-order valence-corrected chi connectivity index (χ3v) is 4.84. The van der Waals surface area contributed by atoms with Gasteiger partial charge in [0.1, 0.15) is 5.75 Å². The summed E-state index contributed by atoms with van der Waals surface area (Å²) >= 11 is 0. The summed E-state index contributed by atoms with van der Waals surface area (Å²) in [7, 11) is 1.59. The Hall–Kier alpha value is -3.87. The van der Waals surface area contributed by atoms with E-state index in [2.05, 4.69) is 10.3 Å². The van der Waals surface area contributed by atoms with E-state index in [1.165, 1.54) is 0 Å². The lowest BCUT2D eigenvalue weighted by Crippen LogP contribution is -2.32. The van der Waals surface area contributed by atoms with Gasteiger partial charge in [0.15, 0.2) is 6.17 Å². The molecule has 1 aromatic heterocycles. The molecule has 2 aromatic carbocycles. The molecule has 4 rings (SSSR count). The first kappa shape index (κ1) is 19.4. The predicted octanol–water partition coefficient (Wildman–Crippen LogP) is 4.04. The minimum Gasteiger partial charge on any atom is -0.497 e. The number of ether oxygens (including phenoxy) is 2. The van der Waals surface area contributed by atoms with Gasteiger partial charge >= 0.3 is 5.97 Å². The minimum absolute atomic E-state index is 0.146. The van der Waals surface area contributed by atoms with Gasteiger partial charge in [0.25, 0.3) is 5.91 Å². The number of fused-ring (bicyclic) bond motifs is 1. The molecule has 0 fully saturated rings. The fourth-order valence-electron chi connectivity index (χ4n) is 3.42. The third-order valence-electron chi connectivity index (χ3n) is 4.84. The Kier molecular flexibility index (Phi) is 5.34. The predicted molar refractivity (Wildman–Crippen MR) is 113 cm³/mol. The van der Waals surface area contributed by atoms with E-state index in [9.17, 15) is 9.59 Å². The number of nitrogens with one attached hydrogen (secondary N) is 1. The molecule has 0 bridgehead atoms. The van der Waals surface area contributed by atoms with Gasteiger partial charge in [-0.15, -0.1) is 0 Å². The summed E-state index contributed by atoms with van der Waals surface area (Å²) < 4.78 is 10.3. The van der Waals surface area contributed by atoms with E-state index >= 15 is 0 Å². The number of aromatic nitrogens is 1. The van der Waals surface area contributed by atoms with Gasteiger partial charge in [0.05, 0.1) is 36.2 Å². The molecule has 1 atom stereocenters. The number of carbonyl (C=O) groups excluding carboxylic acids is 2. The fourth-order valence-corrected chi connectivity index (χ4v) is 3.42. The number of nitrogens with zero attached hydrogens (tertiary/aromatic N) is 2. The number of esters is 1. The molecule has 0 unspecified atom stereocenters. The van der Waals surface area contributed by atoms with Crippen LogP contribution in [-0.2, 0) is 4.74 Å². The zero-order valence-electron chi connectivity index (χ0n) is 16.7. The van der Waals surface area contributed by atoms with Gasteiger partial charge in [0.2, 0.25) is 0 Å². The highest BCUT2D eigenvalue weighted by Crippen LogP contribution is 2.37. The minimum atomic E-state index is -0.505. The molecule has 2 heterocycles. The Bertz CT molecular complexity index is 1080. The lowest BCUT2D eigenvalue weighted by molar-refractivity contribution is 0.0526. The first-order valence-electron chi connectivity index (χ1n) is 9.58. The molecule has 0 aliphatic carbocycles. The van der Waals surface area contributed by atoms with Crippen LogP contribution in [0.4, 0.5) is 11.4 Å². The number of hydrogen-bond acceptors (Lipinski definition) is 6. The largest absolute Gasteiger partial charge is 0.497 e. The molecule has 1 amide bonds. The van der Waals surface area contributed by atoms with Crippen LogP contribution in [0.3, 0.4) is 0 Å². The number of anilines is 2. The Morgan fingerprint density at radius 2 is 1.93 bits per heavy atom. The number of benzene rings is 2. The molecule has 3 aromatic rings. The molecule has 30 heavy (non-hydrogen) atoms. The van der Waals surface area contributed by atoms with E-state index in [4.69, 9.17) is 9.47 Å². The van der Waals surface area contributed by atoms with Crippen molar-refractivity contribution >= 4 is 23.3 Å².